The Kier molecular flexibility index (Phi) is 8.54. The summed E-state index contributed by atoms with van der Waals surface area (Å²) < 4.78 is 5.05. The highest BCUT2D eigenvalue weighted by Crippen LogP contribution is 2.28. The summed E-state index contributed by atoms with van der Waals surface area (Å²) in [6, 6.07) is 0. The van der Waals surface area contributed by atoms with Crippen LogP contribution < -0.4 is 16.0 Å². The van der Waals surface area contributed by atoms with E-state index in [0.717, 1.165) is 25.7 Å². The van der Waals surface area contributed by atoms with Gasteiger partial charge in [0, 0.05) is 5.92 Å². The Hall–Kier alpha value is -2.12. The normalized spacial score (nSPS) is 20.0. The van der Waals surface area contributed by atoms with Gasteiger partial charge < -0.3 is 20.7 Å². The summed E-state index contributed by atoms with van der Waals surface area (Å²) in [5.74, 6) is -0.989. The fourth-order valence-electron chi connectivity index (χ4n) is 2.69. The van der Waals surface area contributed by atoms with Gasteiger partial charge in [0.2, 0.25) is 17.7 Å². The van der Waals surface area contributed by atoms with E-state index in [1.807, 2.05) is 0 Å². The van der Waals surface area contributed by atoms with Crippen molar-refractivity contribution in [3.63, 3.8) is 0 Å². The van der Waals surface area contributed by atoms with Gasteiger partial charge in [-0.25, -0.2) is 0 Å². The van der Waals surface area contributed by atoms with Gasteiger partial charge in [-0.3, -0.25) is 19.2 Å². The van der Waals surface area contributed by atoms with Crippen LogP contribution in [0.2, 0.25) is 0 Å². The lowest BCUT2D eigenvalue weighted by atomic mass is 9.82. The molecule has 26 heavy (non-hydrogen) atoms. The first-order valence-corrected chi connectivity index (χ1v) is 9.10. The van der Waals surface area contributed by atoms with Gasteiger partial charge in [-0.2, -0.15) is 0 Å². The molecule has 0 aromatic rings. The average molecular weight is 369 g/mol. The van der Waals surface area contributed by atoms with Crippen LogP contribution in [-0.2, 0) is 23.9 Å². The van der Waals surface area contributed by atoms with E-state index in [0.29, 0.717) is 5.92 Å². The third-order valence-electron chi connectivity index (χ3n) is 4.11. The number of nitrogens with one attached hydrogen (secondary N) is 3. The molecule has 0 atom stereocenters. The SMILES string of the molecule is CC1CCC(C(=O)NCC(=O)NCC(=O)NCC(=O)OC(C)(C)C)CC1. The molecular formula is C18H31N3O5. The van der Waals surface area contributed by atoms with Crippen molar-refractivity contribution in [2.45, 2.75) is 59.0 Å². The van der Waals surface area contributed by atoms with E-state index in [9.17, 15) is 19.2 Å². The number of carbonyl (C=O) groups is 4. The number of hydrogen-bond acceptors (Lipinski definition) is 5. The highest BCUT2D eigenvalue weighted by Gasteiger charge is 2.24. The molecule has 1 saturated carbocycles. The molecule has 8 nitrogen and oxygen atoms in total. The van der Waals surface area contributed by atoms with E-state index in [-0.39, 0.29) is 31.5 Å². The molecule has 0 aromatic heterocycles. The number of esters is 1. The van der Waals surface area contributed by atoms with Crippen molar-refractivity contribution in [3.05, 3.63) is 0 Å². The van der Waals surface area contributed by atoms with E-state index in [2.05, 4.69) is 22.9 Å². The quantitative estimate of drug-likeness (QED) is 0.566. The van der Waals surface area contributed by atoms with Crippen molar-refractivity contribution in [1.82, 2.24) is 16.0 Å². The van der Waals surface area contributed by atoms with Crippen LogP contribution in [0.4, 0.5) is 0 Å². The Balaban J connectivity index is 2.16. The van der Waals surface area contributed by atoms with E-state index in [1.54, 1.807) is 20.8 Å². The molecule has 148 valence electrons. The number of carbonyl (C=O) groups excluding carboxylic acids is 4. The highest BCUT2D eigenvalue weighted by molar-refractivity contribution is 5.89. The molecule has 3 N–H and O–H groups in total. The van der Waals surface area contributed by atoms with Crippen LogP contribution in [0.25, 0.3) is 0 Å². The first-order chi connectivity index (χ1) is 12.1. The fourth-order valence-corrected chi connectivity index (χ4v) is 2.69. The van der Waals surface area contributed by atoms with E-state index < -0.39 is 23.4 Å². The second kappa shape index (κ2) is 10.1. The zero-order valence-corrected chi connectivity index (χ0v) is 16.1. The first-order valence-electron chi connectivity index (χ1n) is 9.10. The standard InChI is InChI=1S/C18H31N3O5/c1-12-5-7-13(8-6-12)17(25)21-10-15(23)19-9-14(22)20-11-16(24)26-18(2,3)4/h12-13H,5-11H2,1-4H3,(H,19,23)(H,20,22)(H,21,25). The molecule has 1 fully saturated rings. The third kappa shape index (κ3) is 9.39. The van der Waals surface area contributed by atoms with Gasteiger partial charge in [0.1, 0.15) is 12.1 Å². The smallest absolute Gasteiger partial charge is 0.325 e. The molecule has 0 unspecified atom stereocenters. The van der Waals surface area contributed by atoms with Crippen molar-refractivity contribution < 1.29 is 23.9 Å². The first kappa shape index (κ1) is 21.9. The summed E-state index contributed by atoms with van der Waals surface area (Å²) in [6.07, 6.45) is 3.76. The highest BCUT2D eigenvalue weighted by atomic mass is 16.6. The summed E-state index contributed by atoms with van der Waals surface area (Å²) in [6.45, 7) is 6.68. The molecule has 1 rings (SSSR count). The Morgan fingerprint density at radius 1 is 0.846 bits per heavy atom. The minimum atomic E-state index is -0.620. The number of rotatable bonds is 7. The molecule has 0 saturated heterocycles. The predicted octanol–water partition coefficient (Wildman–Crippen LogP) is 0.503. The lowest BCUT2D eigenvalue weighted by Crippen LogP contribution is -2.44. The zero-order chi connectivity index (χ0) is 19.7. The minimum Gasteiger partial charge on any atom is -0.459 e. The fraction of sp³-hybridized carbons (Fsp3) is 0.778. The molecule has 0 spiro atoms. The number of ether oxygens (including phenoxy) is 1. The second-order valence-corrected chi connectivity index (χ2v) is 7.81. The van der Waals surface area contributed by atoms with Crippen LogP contribution in [0.1, 0.15) is 53.4 Å². The summed E-state index contributed by atoms with van der Waals surface area (Å²) in [5, 5.41) is 7.38. The molecular weight excluding hydrogens is 338 g/mol. The van der Waals surface area contributed by atoms with Crippen LogP contribution in [0.3, 0.4) is 0 Å². The Morgan fingerprint density at radius 2 is 1.35 bits per heavy atom. The monoisotopic (exact) mass is 369 g/mol. The van der Waals surface area contributed by atoms with Gasteiger partial charge in [-0.15, -0.1) is 0 Å². The van der Waals surface area contributed by atoms with Gasteiger partial charge in [0.25, 0.3) is 0 Å². The largest absolute Gasteiger partial charge is 0.459 e. The molecule has 0 radical (unpaired) electrons. The third-order valence-corrected chi connectivity index (χ3v) is 4.11. The Bertz CT molecular complexity index is 519. The van der Waals surface area contributed by atoms with Gasteiger partial charge in [-0.1, -0.05) is 6.92 Å². The van der Waals surface area contributed by atoms with Crippen LogP contribution >= 0.6 is 0 Å². The minimum absolute atomic E-state index is 0.0314. The van der Waals surface area contributed by atoms with Crippen molar-refractivity contribution >= 4 is 23.7 Å². The molecule has 1 aliphatic carbocycles. The van der Waals surface area contributed by atoms with Crippen LogP contribution in [0.15, 0.2) is 0 Å². The molecule has 0 bridgehead atoms. The van der Waals surface area contributed by atoms with Gasteiger partial charge >= 0.3 is 5.97 Å². The van der Waals surface area contributed by atoms with Crippen molar-refractivity contribution in [1.29, 1.82) is 0 Å². The Labute approximate surface area is 154 Å². The molecule has 0 aromatic carbocycles. The summed E-state index contributed by atoms with van der Waals surface area (Å²) in [4.78, 5) is 46.8. The molecule has 0 heterocycles. The molecule has 0 aliphatic heterocycles. The van der Waals surface area contributed by atoms with E-state index >= 15 is 0 Å². The summed E-state index contributed by atoms with van der Waals surface area (Å²) in [7, 11) is 0. The topological polar surface area (TPSA) is 114 Å². The van der Waals surface area contributed by atoms with Gasteiger partial charge in [0.15, 0.2) is 0 Å². The maximum Gasteiger partial charge on any atom is 0.325 e. The van der Waals surface area contributed by atoms with E-state index in [1.165, 1.54) is 0 Å². The molecule has 1 aliphatic rings. The maximum atomic E-state index is 12.0. The number of hydrogen-bond donors (Lipinski definition) is 3. The second-order valence-electron chi connectivity index (χ2n) is 7.81. The summed E-state index contributed by atoms with van der Waals surface area (Å²) in [5.41, 5.74) is -0.620. The lowest BCUT2D eigenvalue weighted by Gasteiger charge is -2.25. The van der Waals surface area contributed by atoms with Crippen LogP contribution in [0.5, 0.6) is 0 Å². The van der Waals surface area contributed by atoms with Crippen molar-refractivity contribution in [3.8, 4) is 0 Å². The molecule has 8 heteroatoms. The maximum absolute atomic E-state index is 12.0. The Morgan fingerprint density at radius 3 is 1.88 bits per heavy atom. The average Bonchev–Trinajstić information content (AvgIpc) is 2.55. The van der Waals surface area contributed by atoms with Crippen LogP contribution in [0, 0.1) is 11.8 Å². The summed E-state index contributed by atoms with van der Waals surface area (Å²) >= 11 is 0. The van der Waals surface area contributed by atoms with E-state index in [4.69, 9.17) is 4.74 Å². The van der Waals surface area contributed by atoms with Crippen molar-refractivity contribution in [2.75, 3.05) is 19.6 Å². The number of amides is 3. The van der Waals surface area contributed by atoms with Gasteiger partial charge in [0.05, 0.1) is 13.1 Å². The predicted molar refractivity (Wildman–Crippen MR) is 96.0 cm³/mol. The molecule has 3 amide bonds. The van der Waals surface area contributed by atoms with Gasteiger partial charge in [-0.05, 0) is 52.4 Å². The van der Waals surface area contributed by atoms with Crippen molar-refractivity contribution in [2.24, 2.45) is 11.8 Å². The zero-order valence-electron chi connectivity index (χ0n) is 16.1. The lowest BCUT2D eigenvalue weighted by molar-refractivity contribution is -0.154. The van der Waals surface area contributed by atoms with Crippen LogP contribution in [-0.4, -0.2) is 48.9 Å².